The van der Waals surface area contributed by atoms with E-state index in [2.05, 4.69) is 0 Å². The first-order valence-corrected chi connectivity index (χ1v) is 5.28. The lowest BCUT2D eigenvalue weighted by molar-refractivity contribution is 0.111. The average molecular weight is 260 g/mol. The van der Waals surface area contributed by atoms with Crippen LogP contribution in [0.2, 0.25) is 0 Å². The van der Waals surface area contributed by atoms with Crippen LogP contribution in [-0.2, 0) is 0 Å². The van der Waals surface area contributed by atoms with Crippen LogP contribution in [0.25, 0.3) is 0 Å². The molecule has 0 bridgehead atoms. The Kier molecular flexibility index (Phi) is 5.10. The molecule has 0 amide bonds. The van der Waals surface area contributed by atoms with Crippen molar-refractivity contribution in [3.05, 3.63) is 53.6 Å². The van der Waals surface area contributed by atoms with Gasteiger partial charge in [0.2, 0.25) is 0 Å². The van der Waals surface area contributed by atoms with Gasteiger partial charge in [0, 0.05) is 11.1 Å². The number of carbonyl (C=O) groups is 2. The molecule has 0 unspecified atom stereocenters. The van der Waals surface area contributed by atoms with Gasteiger partial charge in [-0.1, -0.05) is 30.3 Å². The van der Waals surface area contributed by atoms with Gasteiger partial charge in [-0.05, 0) is 12.1 Å². The third kappa shape index (κ3) is 4.16. The Bertz CT molecular complexity index is 540. The summed E-state index contributed by atoms with van der Waals surface area (Å²) in [6.45, 7) is 0. The van der Waals surface area contributed by atoms with Crippen LogP contribution in [0, 0.1) is 0 Å². The summed E-state index contributed by atoms with van der Waals surface area (Å²) in [5, 5.41) is 26.5. The van der Waals surface area contributed by atoms with Crippen molar-refractivity contribution >= 4 is 12.6 Å². The summed E-state index contributed by atoms with van der Waals surface area (Å²) in [6.07, 6.45) is 1.29. The van der Waals surface area contributed by atoms with Crippen LogP contribution < -0.4 is 0 Å². The molecule has 0 aliphatic rings. The van der Waals surface area contributed by atoms with Gasteiger partial charge >= 0.3 is 0 Å². The van der Waals surface area contributed by atoms with Gasteiger partial charge in [-0.15, -0.1) is 0 Å². The topological polar surface area (TPSA) is 94.8 Å². The second kappa shape index (κ2) is 6.80. The number of benzene rings is 2. The minimum atomic E-state index is -0.615. The van der Waals surface area contributed by atoms with E-state index in [0.717, 1.165) is 24.0 Å². The molecule has 5 nitrogen and oxygen atoms in total. The van der Waals surface area contributed by atoms with E-state index in [4.69, 9.17) is 15.3 Å². The highest BCUT2D eigenvalue weighted by atomic mass is 16.3. The standard InChI is InChI=1S/C7H6O4.C7H6O/c8-3-4-1-5(9)7(11)6(10)2-4;8-6-7-4-2-1-3-5-7/h1-3,9-11H;1-6H. The summed E-state index contributed by atoms with van der Waals surface area (Å²) >= 11 is 0. The number of phenolic OH excluding ortho intramolecular Hbond substituents is 3. The fourth-order valence-corrected chi connectivity index (χ4v) is 1.22. The van der Waals surface area contributed by atoms with E-state index in [1.807, 2.05) is 18.2 Å². The minimum absolute atomic E-state index is 0.109. The first-order chi connectivity index (χ1) is 9.08. The van der Waals surface area contributed by atoms with Crippen molar-refractivity contribution in [3.8, 4) is 17.2 Å². The molecule has 2 aromatic rings. The van der Waals surface area contributed by atoms with E-state index in [1.54, 1.807) is 12.1 Å². The number of phenols is 3. The molecule has 2 rings (SSSR count). The SMILES string of the molecule is O=Cc1cc(O)c(O)c(O)c1.O=Cc1ccccc1. The molecule has 3 N–H and O–H groups in total. The van der Waals surface area contributed by atoms with Gasteiger partial charge in [-0.2, -0.15) is 0 Å². The van der Waals surface area contributed by atoms with Crippen LogP contribution in [0.3, 0.4) is 0 Å². The predicted octanol–water partition coefficient (Wildman–Crippen LogP) is 2.11. The molecule has 0 aromatic heterocycles. The van der Waals surface area contributed by atoms with E-state index in [-0.39, 0.29) is 5.56 Å². The van der Waals surface area contributed by atoms with Crippen molar-refractivity contribution in [2.75, 3.05) is 0 Å². The third-order valence-corrected chi connectivity index (χ3v) is 2.16. The maximum absolute atomic E-state index is 10.1. The van der Waals surface area contributed by atoms with E-state index in [9.17, 15) is 9.59 Å². The zero-order valence-corrected chi connectivity index (χ0v) is 9.85. The van der Waals surface area contributed by atoms with Gasteiger partial charge < -0.3 is 15.3 Å². The lowest BCUT2D eigenvalue weighted by Crippen LogP contribution is -1.79. The van der Waals surface area contributed by atoms with Crippen molar-refractivity contribution in [2.45, 2.75) is 0 Å². The average Bonchev–Trinajstić information content (AvgIpc) is 2.45. The Morgan fingerprint density at radius 2 is 1.21 bits per heavy atom. The first kappa shape index (κ1) is 14.2. The summed E-state index contributed by atoms with van der Waals surface area (Å²) in [5.41, 5.74) is 0.838. The second-order valence-corrected chi connectivity index (χ2v) is 3.55. The number of rotatable bonds is 2. The second-order valence-electron chi connectivity index (χ2n) is 3.55. The maximum Gasteiger partial charge on any atom is 0.200 e. The van der Waals surface area contributed by atoms with Crippen LogP contribution in [0.4, 0.5) is 0 Å². The van der Waals surface area contributed by atoms with Gasteiger partial charge in [0.25, 0.3) is 0 Å². The number of hydrogen-bond donors (Lipinski definition) is 3. The van der Waals surface area contributed by atoms with Gasteiger partial charge in [-0.3, -0.25) is 9.59 Å². The van der Waals surface area contributed by atoms with Crippen LogP contribution in [0.5, 0.6) is 17.2 Å². The van der Waals surface area contributed by atoms with Gasteiger partial charge in [0.05, 0.1) is 0 Å². The molecule has 0 fully saturated rings. The van der Waals surface area contributed by atoms with E-state index in [0.29, 0.717) is 6.29 Å². The molecule has 0 aliphatic carbocycles. The zero-order valence-electron chi connectivity index (χ0n) is 9.85. The first-order valence-electron chi connectivity index (χ1n) is 5.28. The summed E-state index contributed by atoms with van der Waals surface area (Å²) in [5.74, 6) is -1.63. The highest BCUT2D eigenvalue weighted by molar-refractivity contribution is 5.78. The molecule has 2 aromatic carbocycles. The zero-order chi connectivity index (χ0) is 14.3. The molecule has 19 heavy (non-hydrogen) atoms. The van der Waals surface area contributed by atoms with Gasteiger partial charge in [0.15, 0.2) is 17.2 Å². The molecule has 0 saturated heterocycles. The molecule has 5 heteroatoms. The van der Waals surface area contributed by atoms with Crippen molar-refractivity contribution in [3.63, 3.8) is 0 Å². The van der Waals surface area contributed by atoms with Gasteiger partial charge in [0.1, 0.15) is 12.6 Å². The van der Waals surface area contributed by atoms with Crippen LogP contribution >= 0.6 is 0 Å². The Labute approximate surface area is 109 Å². The predicted molar refractivity (Wildman–Crippen MR) is 68.7 cm³/mol. The molecule has 0 spiro atoms. The monoisotopic (exact) mass is 260 g/mol. The highest BCUT2D eigenvalue weighted by Crippen LogP contribution is 2.34. The van der Waals surface area contributed by atoms with E-state index >= 15 is 0 Å². The molecule has 0 aliphatic heterocycles. The molecule has 0 saturated carbocycles. The molecular formula is C14H12O5. The Balaban J connectivity index is 0.000000200. The largest absolute Gasteiger partial charge is 0.504 e. The minimum Gasteiger partial charge on any atom is -0.504 e. The van der Waals surface area contributed by atoms with Crippen molar-refractivity contribution in [1.29, 1.82) is 0 Å². The quantitative estimate of drug-likeness (QED) is 0.568. The van der Waals surface area contributed by atoms with Crippen molar-refractivity contribution < 1.29 is 24.9 Å². The summed E-state index contributed by atoms with van der Waals surface area (Å²) in [6, 6.07) is 11.2. The van der Waals surface area contributed by atoms with Crippen molar-refractivity contribution in [2.24, 2.45) is 0 Å². The third-order valence-electron chi connectivity index (χ3n) is 2.16. The molecular weight excluding hydrogens is 248 g/mol. The summed E-state index contributed by atoms with van der Waals surface area (Å²) in [7, 11) is 0. The normalized spacial score (nSPS) is 9.05. The molecule has 98 valence electrons. The molecule has 0 radical (unpaired) electrons. The van der Waals surface area contributed by atoms with Crippen LogP contribution in [0.1, 0.15) is 20.7 Å². The molecule has 0 atom stereocenters. The Morgan fingerprint density at radius 1 is 0.737 bits per heavy atom. The van der Waals surface area contributed by atoms with Crippen LogP contribution in [0.15, 0.2) is 42.5 Å². The Morgan fingerprint density at radius 3 is 1.58 bits per heavy atom. The van der Waals surface area contributed by atoms with Crippen LogP contribution in [-0.4, -0.2) is 27.9 Å². The smallest absolute Gasteiger partial charge is 0.200 e. The van der Waals surface area contributed by atoms with E-state index in [1.165, 1.54) is 0 Å². The van der Waals surface area contributed by atoms with Gasteiger partial charge in [-0.25, -0.2) is 0 Å². The Hall–Kier alpha value is -2.82. The lowest BCUT2D eigenvalue weighted by atomic mass is 10.2. The lowest BCUT2D eigenvalue weighted by Gasteiger charge is -1.99. The van der Waals surface area contributed by atoms with E-state index < -0.39 is 17.2 Å². The fraction of sp³-hybridized carbons (Fsp3) is 0. The highest BCUT2D eigenvalue weighted by Gasteiger charge is 2.06. The number of carbonyl (C=O) groups excluding carboxylic acids is 2. The fourth-order valence-electron chi connectivity index (χ4n) is 1.22. The van der Waals surface area contributed by atoms with Crippen molar-refractivity contribution in [1.82, 2.24) is 0 Å². The summed E-state index contributed by atoms with van der Waals surface area (Å²) < 4.78 is 0. The molecule has 0 heterocycles. The number of hydrogen-bond acceptors (Lipinski definition) is 5. The number of aromatic hydroxyl groups is 3. The number of aldehydes is 2. The summed E-state index contributed by atoms with van der Waals surface area (Å²) in [4.78, 5) is 20.1. The maximum atomic E-state index is 10.1.